The van der Waals surface area contributed by atoms with Crippen molar-refractivity contribution in [2.24, 2.45) is 5.73 Å². The van der Waals surface area contributed by atoms with E-state index in [1.54, 1.807) is 19.2 Å². The second-order valence-electron chi connectivity index (χ2n) is 9.92. The van der Waals surface area contributed by atoms with Crippen LogP contribution in [0.5, 0.6) is 5.75 Å². The number of carbonyl (C=O) groups is 2. The zero-order chi connectivity index (χ0) is 25.5. The molecule has 4 N–H and O–H groups in total. The SMILES string of the molecule is CCCC(O)c1ccc(C(CCC)CC(=O)Nc2cc(C(N)=O)ccc2C(C)(C)C)c(OC)c1. The van der Waals surface area contributed by atoms with Crippen molar-refractivity contribution >= 4 is 17.5 Å². The smallest absolute Gasteiger partial charge is 0.248 e. The summed E-state index contributed by atoms with van der Waals surface area (Å²) in [6.45, 7) is 10.3. The summed E-state index contributed by atoms with van der Waals surface area (Å²) in [5.41, 5.74) is 8.92. The Balaban J connectivity index is 2.33. The van der Waals surface area contributed by atoms with Gasteiger partial charge in [0.1, 0.15) is 5.75 Å². The van der Waals surface area contributed by atoms with Crippen molar-refractivity contribution in [1.82, 2.24) is 0 Å². The van der Waals surface area contributed by atoms with Gasteiger partial charge in [-0.15, -0.1) is 0 Å². The molecule has 34 heavy (non-hydrogen) atoms. The fraction of sp³-hybridized carbons (Fsp3) is 0.500. The first kappa shape index (κ1) is 27.4. The number of carbonyl (C=O) groups excluding carboxylic acids is 2. The number of hydrogen-bond acceptors (Lipinski definition) is 4. The quantitative estimate of drug-likeness (QED) is 0.386. The van der Waals surface area contributed by atoms with E-state index >= 15 is 0 Å². The Morgan fingerprint density at radius 1 is 1.06 bits per heavy atom. The fourth-order valence-corrected chi connectivity index (χ4v) is 4.31. The minimum Gasteiger partial charge on any atom is -0.496 e. The first-order chi connectivity index (χ1) is 16.0. The van der Waals surface area contributed by atoms with E-state index < -0.39 is 12.0 Å². The minimum atomic E-state index is -0.533. The van der Waals surface area contributed by atoms with Crippen molar-refractivity contribution in [3.05, 3.63) is 58.7 Å². The monoisotopic (exact) mass is 468 g/mol. The number of amides is 2. The molecule has 0 saturated heterocycles. The lowest BCUT2D eigenvalue weighted by atomic mass is 9.84. The Labute approximate surface area is 203 Å². The summed E-state index contributed by atoms with van der Waals surface area (Å²) >= 11 is 0. The molecule has 0 radical (unpaired) electrons. The van der Waals surface area contributed by atoms with Crippen LogP contribution < -0.4 is 15.8 Å². The van der Waals surface area contributed by atoms with Crippen LogP contribution in [-0.4, -0.2) is 24.0 Å². The molecule has 186 valence electrons. The Morgan fingerprint density at radius 3 is 2.29 bits per heavy atom. The molecular weight excluding hydrogens is 428 g/mol. The van der Waals surface area contributed by atoms with Gasteiger partial charge < -0.3 is 20.9 Å². The van der Waals surface area contributed by atoms with Gasteiger partial charge in [-0.1, -0.05) is 65.7 Å². The van der Waals surface area contributed by atoms with Crippen LogP contribution in [0.15, 0.2) is 36.4 Å². The first-order valence-electron chi connectivity index (χ1n) is 12.1. The van der Waals surface area contributed by atoms with E-state index in [1.807, 2.05) is 31.2 Å². The predicted octanol–water partition coefficient (Wildman–Crippen LogP) is 5.84. The fourth-order valence-electron chi connectivity index (χ4n) is 4.31. The molecule has 2 aromatic carbocycles. The topological polar surface area (TPSA) is 102 Å². The lowest BCUT2D eigenvalue weighted by Gasteiger charge is -2.25. The summed E-state index contributed by atoms with van der Waals surface area (Å²) in [6, 6.07) is 11.0. The molecule has 0 aliphatic rings. The summed E-state index contributed by atoms with van der Waals surface area (Å²) in [5.74, 6) is -0.0302. The van der Waals surface area contributed by atoms with Crippen molar-refractivity contribution in [3.8, 4) is 5.75 Å². The van der Waals surface area contributed by atoms with Crippen LogP contribution in [0.25, 0.3) is 0 Å². The predicted molar refractivity (Wildman–Crippen MR) is 137 cm³/mol. The van der Waals surface area contributed by atoms with Gasteiger partial charge in [0.25, 0.3) is 0 Å². The number of rotatable bonds is 11. The molecule has 0 spiro atoms. The molecule has 2 rings (SSSR count). The molecule has 2 unspecified atom stereocenters. The van der Waals surface area contributed by atoms with Gasteiger partial charge in [0.2, 0.25) is 11.8 Å². The highest BCUT2D eigenvalue weighted by Crippen LogP contribution is 2.36. The van der Waals surface area contributed by atoms with Gasteiger partial charge in [0.05, 0.1) is 13.2 Å². The highest BCUT2D eigenvalue weighted by molar-refractivity contribution is 5.97. The number of methoxy groups -OCH3 is 1. The van der Waals surface area contributed by atoms with Crippen molar-refractivity contribution in [2.75, 3.05) is 12.4 Å². The Morgan fingerprint density at radius 2 is 1.74 bits per heavy atom. The standard InChI is InChI=1S/C28H40N2O4/c1-7-9-18(21-13-11-19(16-25(21)34-6)24(31)10-8-2)17-26(32)30-23-15-20(27(29)33)12-14-22(23)28(3,4)5/h11-16,18,24,31H,7-10,17H2,1-6H3,(H2,29,33)(H,30,32). The van der Waals surface area contributed by atoms with Crippen LogP contribution in [0.3, 0.4) is 0 Å². The maximum Gasteiger partial charge on any atom is 0.248 e. The van der Waals surface area contributed by atoms with E-state index in [1.165, 1.54) is 0 Å². The number of aliphatic hydroxyl groups is 1. The van der Waals surface area contributed by atoms with E-state index in [4.69, 9.17) is 10.5 Å². The van der Waals surface area contributed by atoms with E-state index in [-0.39, 0.29) is 23.7 Å². The Hall–Kier alpha value is -2.86. The minimum absolute atomic E-state index is 0.0465. The third kappa shape index (κ3) is 7.07. The number of nitrogens with two attached hydrogens (primary N) is 1. The molecular formula is C28H40N2O4. The highest BCUT2D eigenvalue weighted by Gasteiger charge is 2.24. The summed E-state index contributed by atoms with van der Waals surface area (Å²) in [7, 11) is 1.61. The zero-order valence-electron chi connectivity index (χ0n) is 21.4. The van der Waals surface area contributed by atoms with E-state index in [9.17, 15) is 14.7 Å². The molecule has 0 aromatic heterocycles. The number of aliphatic hydroxyl groups excluding tert-OH is 1. The lowest BCUT2D eigenvalue weighted by molar-refractivity contribution is -0.116. The summed E-state index contributed by atoms with van der Waals surface area (Å²) in [5, 5.41) is 13.4. The van der Waals surface area contributed by atoms with Gasteiger partial charge in [-0.25, -0.2) is 0 Å². The van der Waals surface area contributed by atoms with Crippen LogP contribution in [0.2, 0.25) is 0 Å². The molecule has 0 saturated carbocycles. The van der Waals surface area contributed by atoms with Gasteiger partial charge in [0, 0.05) is 17.7 Å². The van der Waals surface area contributed by atoms with Crippen LogP contribution in [0.1, 0.15) is 106 Å². The number of nitrogens with one attached hydrogen (secondary N) is 1. The molecule has 0 bridgehead atoms. The molecule has 6 heteroatoms. The Bertz CT molecular complexity index is 994. The van der Waals surface area contributed by atoms with Crippen LogP contribution >= 0.6 is 0 Å². The first-order valence-corrected chi connectivity index (χ1v) is 12.1. The number of primary amides is 1. The number of hydrogen-bond donors (Lipinski definition) is 3. The van der Waals surface area contributed by atoms with Crippen molar-refractivity contribution in [3.63, 3.8) is 0 Å². The number of anilines is 1. The van der Waals surface area contributed by atoms with Crippen molar-refractivity contribution in [2.45, 2.75) is 84.2 Å². The third-order valence-electron chi connectivity index (χ3n) is 6.10. The van der Waals surface area contributed by atoms with Gasteiger partial charge in [-0.3, -0.25) is 9.59 Å². The van der Waals surface area contributed by atoms with Crippen LogP contribution in [0.4, 0.5) is 5.69 Å². The summed E-state index contributed by atoms with van der Waals surface area (Å²) in [6.07, 6.45) is 3.03. The summed E-state index contributed by atoms with van der Waals surface area (Å²) < 4.78 is 5.65. The third-order valence-corrected chi connectivity index (χ3v) is 6.10. The maximum atomic E-state index is 13.2. The second kappa shape index (κ2) is 12.0. The maximum absolute atomic E-state index is 13.2. The lowest BCUT2D eigenvalue weighted by Crippen LogP contribution is -2.22. The number of ether oxygens (including phenoxy) is 1. The highest BCUT2D eigenvalue weighted by atomic mass is 16.5. The second-order valence-corrected chi connectivity index (χ2v) is 9.92. The average Bonchev–Trinajstić information content (AvgIpc) is 2.77. The molecule has 0 heterocycles. The van der Waals surface area contributed by atoms with Gasteiger partial charge in [0.15, 0.2) is 0 Å². The van der Waals surface area contributed by atoms with E-state index in [0.717, 1.165) is 36.0 Å². The molecule has 2 atom stereocenters. The van der Waals surface area contributed by atoms with Crippen LogP contribution in [-0.2, 0) is 10.2 Å². The largest absolute Gasteiger partial charge is 0.496 e. The summed E-state index contributed by atoms with van der Waals surface area (Å²) in [4.78, 5) is 24.9. The molecule has 6 nitrogen and oxygen atoms in total. The molecule has 2 aromatic rings. The van der Waals surface area contributed by atoms with E-state index in [0.29, 0.717) is 23.4 Å². The Kier molecular flexibility index (Phi) is 9.68. The van der Waals surface area contributed by atoms with Gasteiger partial charge in [-0.2, -0.15) is 0 Å². The zero-order valence-corrected chi connectivity index (χ0v) is 21.4. The average molecular weight is 469 g/mol. The van der Waals surface area contributed by atoms with Crippen LogP contribution in [0, 0.1) is 0 Å². The number of benzene rings is 2. The molecule has 0 aliphatic carbocycles. The van der Waals surface area contributed by atoms with Crippen molar-refractivity contribution in [1.29, 1.82) is 0 Å². The molecule has 0 aliphatic heterocycles. The van der Waals surface area contributed by atoms with E-state index in [2.05, 4.69) is 33.0 Å². The molecule has 2 amide bonds. The van der Waals surface area contributed by atoms with Crippen molar-refractivity contribution < 1.29 is 19.4 Å². The van der Waals surface area contributed by atoms with Gasteiger partial charge in [-0.05, 0) is 59.1 Å². The van der Waals surface area contributed by atoms with Gasteiger partial charge >= 0.3 is 0 Å². The molecule has 0 fully saturated rings. The normalized spacial score (nSPS) is 13.3.